The minimum atomic E-state index is 0.605. The number of imidazole rings is 1. The van der Waals surface area contributed by atoms with Gasteiger partial charge in [0, 0.05) is 13.5 Å². The van der Waals surface area contributed by atoms with Gasteiger partial charge in [-0.2, -0.15) is 5.10 Å². The van der Waals surface area contributed by atoms with Crippen LogP contribution in [0.5, 0.6) is 0 Å². The van der Waals surface area contributed by atoms with E-state index in [1.54, 1.807) is 0 Å². The maximum atomic E-state index is 5.71. The molecule has 5 heteroatoms. The van der Waals surface area contributed by atoms with Crippen molar-refractivity contribution in [2.45, 2.75) is 19.9 Å². The van der Waals surface area contributed by atoms with Crippen LogP contribution in [0.4, 0.5) is 0 Å². The summed E-state index contributed by atoms with van der Waals surface area (Å²) >= 11 is 0. The molecule has 0 amide bonds. The first-order valence-electron chi connectivity index (χ1n) is 6.83. The lowest BCUT2D eigenvalue weighted by atomic mass is 10.3. The van der Waals surface area contributed by atoms with Gasteiger partial charge in [0.05, 0.1) is 29.0 Å². The van der Waals surface area contributed by atoms with Gasteiger partial charge in [-0.05, 0) is 31.7 Å². The van der Waals surface area contributed by atoms with Crippen molar-refractivity contribution in [3.8, 4) is 0 Å². The zero-order valence-electron chi connectivity index (χ0n) is 11.9. The van der Waals surface area contributed by atoms with Crippen LogP contribution in [0.15, 0.2) is 30.3 Å². The Morgan fingerprint density at radius 3 is 2.75 bits per heavy atom. The number of hydrogen-bond donors (Lipinski definition) is 1. The Balaban J connectivity index is 2.08. The van der Waals surface area contributed by atoms with Crippen LogP contribution in [0.3, 0.4) is 0 Å². The van der Waals surface area contributed by atoms with E-state index in [0.29, 0.717) is 6.54 Å². The van der Waals surface area contributed by atoms with Crippen molar-refractivity contribution >= 4 is 11.0 Å². The first-order valence-corrected chi connectivity index (χ1v) is 6.83. The Labute approximate surface area is 118 Å². The molecule has 0 saturated heterocycles. The number of aryl methyl sites for hydroxylation is 2. The molecule has 0 unspecified atom stereocenters. The number of benzene rings is 1. The molecule has 0 bridgehead atoms. The van der Waals surface area contributed by atoms with Gasteiger partial charge in [0.1, 0.15) is 5.82 Å². The molecule has 0 saturated carbocycles. The first kappa shape index (κ1) is 12.9. The van der Waals surface area contributed by atoms with Crippen molar-refractivity contribution in [3.05, 3.63) is 47.5 Å². The number of nitrogens with zero attached hydrogens (tertiary/aromatic N) is 4. The van der Waals surface area contributed by atoms with E-state index in [2.05, 4.69) is 26.8 Å². The highest BCUT2D eigenvalue weighted by atomic mass is 15.3. The van der Waals surface area contributed by atoms with Crippen molar-refractivity contribution in [2.75, 3.05) is 6.54 Å². The highest BCUT2D eigenvalue weighted by molar-refractivity contribution is 5.76. The second-order valence-electron chi connectivity index (χ2n) is 5.04. The van der Waals surface area contributed by atoms with E-state index in [0.717, 1.165) is 35.5 Å². The summed E-state index contributed by atoms with van der Waals surface area (Å²) in [5.41, 5.74) is 10.1. The Bertz CT molecular complexity index is 738. The van der Waals surface area contributed by atoms with Crippen LogP contribution in [0.1, 0.15) is 17.2 Å². The summed E-state index contributed by atoms with van der Waals surface area (Å²) in [6.07, 6.45) is 0.783. The average molecular weight is 269 g/mol. The van der Waals surface area contributed by atoms with Gasteiger partial charge in [-0.15, -0.1) is 0 Å². The smallest absolute Gasteiger partial charge is 0.111 e. The fourth-order valence-corrected chi connectivity index (χ4v) is 2.60. The first-order chi connectivity index (χ1) is 9.69. The lowest BCUT2D eigenvalue weighted by molar-refractivity contribution is 0.650. The fourth-order valence-electron chi connectivity index (χ4n) is 2.60. The Morgan fingerprint density at radius 1 is 1.25 bits per heavy atom. The van der Waals surface area contributed by atoms with Gasteiger partial charge >= 0.3 is 0 Å². The van der Waals surface area contributed by atoms with Crippen LogP contribution in [-0.4, -0.2) is 25.9 Å². The van der Waals surface area contributed by atoms with Gasteiger partial charge < -0.3 is 10.3 Å². The quantitative estimate of drug-likeness (QED) is 0.783. The summed E-state index contributed by atoms with van der Waals surface area (Å²) in [6, 6.07) is 10.3. The van der Waals surface area contributed by atoms with E-state index in [4.69, 9.17) is 5.73 Å². The van der Waals surface area contributed by atoms with Gasteiger partial charge in [-0.3, -0.25) is 4.68 Å². The van der Waals surface area contributed by atoms with E-state index < -0.39 is 0 Å². The largest absolute Gasteiger partial charge is 0.330 e. The molecule has 0 aliphatic carbocycles. The lowest BCUT2D eigenvalue weighted by Gasteiger charge is -2.09. The number of nitrogens with two attached hydrogens (primary N) is 1. The zero-order valence-corrected chi connectivity index (χ0v) is 11.9. The molecule has 2 heterocycles. The maximum absolute atomic E-state index is 5.71. The van der Waals surface area contributed by atoms with Crippen LogP contribution < -0.4 is 5.73 Å². The predicted octanol–water partition coefficient (Wildman–Crippen LogP) is 1.63. The zero-order chi connectivity index (χ0) is 14.1. The highest BCUT2D eigenvalue weighted by Crippen LogP contribution is 2.18. The molecule has 3 rings (SSSR count). The van der Waals surface area contributed by atoms with E-state index in [1.807, 2.05) is 36.9 Å². The second-order valence-corrected chi connectivity index (χ2v) is 5.04. The van der Waals surface area contributed by atoms with Crippen molar-refractivity contribution < 1.29 is 0 Å². The van der Waals surface area contributed by atoms with Crippen molar-refractivity contribution in [1.82, 2.24) is 19.3 Å². The standard InChI is InChI=1S/C15H19N5/c1-11-9-12(19(2)18-11)10-20-14-6-4-3-5-13(14)17-15(20)7-8-16/h3-6,9H,7-8,10,16H2,1-2H3. The summed E-state index contributed by atoms with van der Waals surface area (Å²) in [6.45, 7) is 3.39. The number of para-hydroxylation sites is 2. The topological polar surface area (TPSA) is 61.7 Å². The molecule has 0 aliphatic rings. The lowest BCUT2D eigenvalue weighted by Crippen LogP contribution is -2.12. The summed E-state index contributed by atoms with van der Waals surface area (Å²) in [5, 5.41) is 4.41. The summed E-state index contributed by atoms with van der Waals surface area (Å²) in [4.78, 5) is 4.69. The predicted molar refractivity (Wildman–Crippen MR) is 79.5 cm³/mol. The molecule has 0 atom stereocenters. The molecular weight excluding hydrogens is 250 g/mol. The number of fused-ring (bicyclic) bond motifs is 1. The van der Waals surface area contributed by atoms with Crippen LogP contribution in [0.2, 0.25) is 0 Å². The number of hydrogen-bond acceptors (Lipinski definition) is 3. The third kappa shape index (κ3) is 2.20. The third-order valence-electron chi connectivity index (χ3n) is 3.52. The van der Waals surface area contributed by atoms with Gasteiger partial charge in [0.15, 0.2) is 0 Å². The van der Waals surface area contributed by atoms with Gasteiger partial charge in [-0.25, -0.2) is 4.98 Å². The van der Waals surface area contributed by atoms with Gasteiger partial charge in [-0.1, -0.05) is 12.1 Å². The second kappa shape index (κ2) is 5.09. The maximum Gasteiger partial charge on any atom is 0.111 e. The molecule has 104 valence electrons. The summed E-state index contributed by atoms with van der Waals surface area (Å²) < 4.78 is 4.16. The Hall–Kier alpha value is -2.14. The van der Waals surface area contributed by atoms with Crippen molar-refractivity contribution in [1.29, 1.82) is 0 Å². The minimum absolute atomic E-state index is 0.605. The summed E-state index contributed by atoms with van der Waals surface area (Å²) in [7, 11) is 1.98. The number of rotatable bonds is 4. The molecule has 1 aromatic carbocycles. The minimum Gasteiger partial charge on any atom is -0.330 e. The fraction of sp³-hybridized carbons (Fsp3) is 0.333. The number of aromatic nitrogens is 4. The molecule has 2 N–H and O–H groups in total. The molecule has 3 aromatic rings. The van der Waals surface area contributed by atoms with Gasteiger partial charge in [0.2, 0.25) is 0 Å². The third-order valence-corrected chi connectivity index (χ3v) is 3.52. The van der Waals surface area contributed by atoms with E-state index in [1.165, 1.54) is 5.69 Å². The molecule has 0 fully saturated rings. The molecule has 2 aromatic heterocycles. The SMILES string of the molecule is Cc1cc(Cn2c(CCN)nc3ccccc32)n(C)n1. The highest BCUT2D eigenvalue weighted by Gasteiger charge is 2.12. The molecule has 0 radical (unpaired) electrons. The normalized spacial score (nSPS) is 11.3. The monoisotopic (exact) mass is 269 g/mol. The Kier molecular flexibility index (Phi) is 3.28. The van der Waals surface area contributed by atoms with E-state index in [-0.39, 0.29) is 0 Å². The molecule has 0 aliphatic heterocycles. The van der Waals surface area contributed by atoms with Crippen LogP contribution in [-0.2, 0) is 20.0 Å². The molecule has 0 spiro atoms. The van der Waals surface area contributed by atoms with E-state index >= 15 is 0 Å². The molecule has 5 nitrogen and oxygen atoms in total. The van der Waals surface area contributed by atoms with Crippen LogP contribution >= 0.6 is 0 Å². The van der Waals surface area contributed by atoms with Gasteiger partial charge in [0.25, 0.3) is 0 Å². The summed E-state index contributed by atoms with van der Waals surface area (Å²) in [5.74, 6) is 1.03. The Morgan fingerprint density at radius 2 is 2.05 bits per heavy atom. The van der Waals surface area contributed by atoms with E-state index in [9.17, 15) is 0 Å². The van der Waals surface area contributed by atoms with Crippen molar-refractivity contribution in [3.63, 3.8) is 0 Å². The van der Waals surface area contributed by atoms with Crippen LogP contribution in [0.25, 0.3) is 11.0 Å². The van der Waals surface area contributed by atoms with Crippen LogP contribution in [0, 0.1) is 6.92 Å². The molecular formula is C15H19N5. The average Bonchev–Trinajstić information content (AvgIpc) is 2.92. The molecule has 20 heavy (non-hydrogen) atoms. The van der Waals surface area contributed by atoms with Crippen molar-refractivity contribution in [2.24, 2.45) is 12.8 Å².